The van der Waals surface area contributed by atoms with Gasteiger partial charge in [0.2, 0.25) is 0 Å². The fourth-order valence-corrected chi connectivity index (χ4v) is 1.85. The third-order valence-electron chi connectivity index (χ3n) is 2.85. The summed E-state index contributed by atoms with van der Waals surface area (Å²) in [5.74, 6) is -1.06. The lowest BCUT2D eigenvalue weighted by Gasteiger charge is -2.14. The smallest absolute Gasteiger partial charge is 0.260 e. The molecule has 0 saturated carbocycles. The number of hydrogen-bond donors (Lipinski definition) is 2. The van der Waals surface area contributed by atoms with Gasteiger partial charge in [0.25, 0.3) is 11.8 Å². The minimum absolute atomic E-state index is 0.171. The Bertz CT molecular complexity index is 499. The maximum absolute atomic E-state index is 12.0. The Hall–Kier alpha value is -2.08. The number of aliphatic hydroxyl groups excluding tert-OH is 1. The molecule has 2 N–H and O–H groups in total. The average molecular weight is 251 g/mol. The summed E-state index contributed by atoms with van der Waals surface area (Å²) in [5, 5.41) is 18.9. The van der Waals surface area contributed by atoms with Gasteiger partial charge in [-0.15, -0.1) is 0 Å². The van der Waals surface area contributed by atoms with Crippen molar-refractivity contribution in [2.75, 3.05) is 13.7 Å². The number of nitrogens with zero attached hydrogens (tertiary/aromatic N) is 1. The van der Waals surface area contributed by atoms with Crippen LogP contribution in [0.2, 0.25) is 0 Å². The van der Waals surface area contributed by atoms with E-state index in [0.717, 1.165) is 4.90 Å². The number of aliphatic hydroxyl groups is 1. The van der Waals surface area contributed by atoms with Crippen LogP contribution in [0.15, 0.2) is 18.2 Å². The minimum Gasteiger partial charge on any atom is -0.504 e. The van der Waals surface area contributed by atoms with Gasteiger partial charge in [-0.05, 0) is 18.2 Å². The van der Waals surface area contributed by atoms with Crippen LogP contribution in [0.1, 0.15) is 16.8 Å². The molecule has 0 radical (unpaired) electrons. The molecule has 0 aliphatic carbocycles. The van der Waals surface area contributed by atoms with E-state index >= 15 is 0 Å². The molecule has 1 aromatic carbocycles. The first-order chi connectivity index (χ1) is 8.54. The fraction of sp³-hybridized carbons (Fsp3) is 0.333. The number of carbonyl (C=O) groups excluding carboxylic acids is 2. The van der Waals surface area contributed by atoms with Gasteiger partial charge in [-0.25, -0.2) is 0 Å². The highest BCUT2D eigenvalue weighted by molar-refractivity contribution is 6.07. The molecule has 6 heteroatoms. The van der Waals surface area contributed by atoms with Gasteiger partial charge in [-0.1, -0.05) is 0 Å². The summed E-state index contributed by atoms with van der Waals surface area (Å²) < 4.78 is 4.86. The molecule has 1 aliphatic heterocycles. The van der Waals surface area contributed by atoms with Gasteiger partial charge in [-0.3, -0.25) is 14.5 Å². The van der Waals surface area contributed by atoms with Crippen molar-refractivity contribution in [1.82, 2.24) is 4.90 Å². The molecular weight excluding hydrogens is 238 g/mol. The van der Waals surface area contributed by atoms with E-state index in [1.165, 1.54) is 25.3 Å². The molecule has 2 rings (SSSR count). The van der Waals surface area contributed by atoms with Crippen LogP contribution in [0.4, 0.5) is 0 Å². The molecule has 6 nitrogen and oxygen atoms in total. The first kappa shape index (κ1) is 12.4. The number of likely N-dealkylation sites (tertiary alicyclic amines) is 1. The third-order valence-corrected chi connectivity index (χ3v) is 2.85. The Balaban J connectivity index is 2.24. The Kier molecular flexibility index (Phi) is 3.20. The number of phenolic OH excluding ortho intramolecular Hbond substituents is 1. The number of benzene rings is 1. The quantitative estimate of drug-likeness (QED) is 0.730. The number of ether oxygens (including phenoxy) is 1. The topological polar surface area (TPSA) is 87.1 Å². The SMILES string of the molecule is COc1ccc(C(=O)N2CCC(O)C2=O)cc1O. The van der Waals surface area contributed by atoms with E-state index in [9.17, 15) is 19.8 Å². The van der Waals surface area contributed by atoms with Crippen molar-refractivity contribution >= 4 is 11.8 Å². The normalized spacial score (nSPS) is 19.1. The third kappa shape index (κ3) is 2.02. The standard InChI is InChI=1S/C12H13NO5/c1-18-10-3-2-7(6-9(10)15)11(16)13-5-4-8(14)12(13)17/h2-3,6,8,14-15H,4-5H2,1H3. The molecule has 1 saturated heterocycles. The molecule has 18 heavy (non-hydrogen) atoms. The molecule has 1 unspecified atom stereocenters. The summed E-state index contributed by atoms with van der Waals surface area (Å²) in [6.45, 7) is 0.186. The van der Waals surface area contributed by atoms with Crippen LogP contribution in [0, 0.1) is 0 Å². The number of phenols is 1. The zero-order chi connectivity index (χ0) is 13.3. The van der Waals surface area contributed by atoms with Crippen LogP contribution < -0.4 is 4.74 Å². The number of aromatic hydroxyl groups is 1. The summed E-state index contributed by atoms with van der Waals surface area (Å²) in [7, 11) is 1.40. The molecule has 1 aromatic rings. The Labute approximate surface area is 103 Å². The zero-order valence-electron chi connectivity index (χ0n) is 9.79. The maximum atomic E-state index is 12.0. The highest BCUT2D eigenvalue weighted by Gasteiger charge is 2.34. The van der Waals surface area contributed by atoms with Crippen molar-refractivity contribution < 1.29 is 24.5 Å². The summed E-state index contributed by atoms with van der Waals surface area (Å²) in [5.41, 5.74) is 0.177. The number of hydrogen-bond acceptors (Lipinski definition) is 5. The number of amides is 2. The molecule has 1 aliphatic rings. The fourth-order valence-electron chi connectivity index (χ4n) is 1.85. The van der Waals surface area contributed by atoms with Gasteiger partial charge in [-0.2, -0.15) is 0 Å². The predicted molar refractivity (Wildman–Crippen MR) is 61.3 cm³/mol. The first-order valence-electron chi connectivity index (χ1n) is 5.45. The predicted octanol–water partition coefficient (Wildman–Crippen LogP) is 0.134. The monoisotopic (exact) mass is 251 g/mol. The van der Waals surface area contributed by atoms with Gasteiger partial charge in [0.15, 0.2) is 11.5 Å². The molecule has 0 spiro atoms. The number of carbonyl (C=O) groups is 2. The van der Waals surface area contributed by atoms with Crippen LogP contribution in [-0.2, 0) is 4.79 Å². The molecule has 96 valence electrons. The second-order valence-corrected chi connectivity index (χ2v) is 3.99. The summed E-state index contributed by atoms with van der Waals surface area (Å²) in [4.78, 5) is 24.5. The van der Waals surface area contributed by atoms with E-state index in [0.29, 0.717) is 0 Å². The van der Waals surface area contributed by atoms with Gasteiger partial charge in [0.05, 0.1) is 7.11 Å². The molecule has 1 fully saturated rings. The largest absolute Gasteiger partial charge is 0.504 e. The average Bonchev–Trinajstić information content (AvgIpc) is 2.69. The maximum Gasteiger partial charge on any atom is 0.260 e. The number of imide groups is 1. The van der Waals surface area contributed by atoms with Crippen molar-refractivity contribution in [2.45, 2.75) is 12.5 Å². The van der Waals surface area contributed by atoms with E-state index in [2.05, 4.69) is 0 Å². The molecule has 2 amide bonds. The highest BCUT2D eigenvalue weighted by atomic mass is 16.5. The van der Waals surface area contributed by atoms with Crippen molar-refractivity contribution in [3.05, 3.63) is 23.8 Å². The Morgan fingerprint density at radius 3 is 2.72 bits per heavy atom. The van der Waals surface area contributed by atoms with E-state index in [1.54, 1.807) is 0 Å². The summed E-state index contributed by atoms with van der Waals surface area (Å²) in [6, 6.07) is 4.14. The van der Waals surface area contributed by atoms with Crippen molar-refractivity contribution in [3.8, 4) is 11.5 Å². The lowest BCUT2D eigenvalue weighted by Crippen LogP contribution is -2.35. The van der Waals surface area contributed by atoms with Crippen LogP contribution in [0.25, 0.3) is 0 Å². The van der Waals surface area contributed by atoms with E-state index in [-0.39, 0.29) is 30.0 Å². The van der Waals surface area contributed by atoms with E-state index < -0.39 is 17.9 Å². The number of methoxy groups -OCH3 is 1. The van der Waals surface area contributed by atoms with Crippen LogP contribution >= 0.6 is 0 Å². The number of rotatable bonds is 2. The van der Waals surface area contributed by atoms with Crippen LogP contribution in [-0.4, -0.2) is 46.7 Å². The van der Waals surface area contributed by atoms with E-state index in [1.807, 2.05) is 0 Å². The van der Waals surface area contributed by atoms with Gasteiger partial charge in [0, 0.05) is 18.5 Å². The minimum atomic E-state index is -1.11. The van der Waals surface area contributed by atoms with E-state index in [4.69, 9.17) is 4.74 Å². The van der Waals surface area contributed by atoms with Crippen molar-refractivity contribution in [2.24, 2.45) is 0 Å². The zero-order valence-corrected chi connectivity index (χ0v) is 9.79. The van der Waals surface area contributed by atoms with Crippen LogP contribution in [0.5, 0.6) is 11.5 Å². The second kappa shape index (κ2) is 4.66. The Morgan fingerprint density at radius 1 is 1.50 bits per heavy atom. The van der Waals surface area contributed by atoms with Gasteiger partial charge < -0.3 is 14.9 Å². The Morgan fingerprint density at radius 2 is 2.22 bits per heavy atom. The molecule has 0 bridgehead atoms. The van der Waals surface area contributed by atoms with Crippen LogP contribution in [0.3, 0.4) is 0 Å². The first-order valence-corrected chi connectivity index (χ1v) is 5.45. The highest BCUT2D eigenvalue weighted by Crippen LogP contribution is 2.27. The van der Waals surface area contributed by atoms with Gasteiger partial charge >= 0.3 is 0 Å². The molecule has 1 atom stereocenters. The lowest BCUT2D eigenvalue weighted by molar-refractivity contribution is -0.132. The molecule has 1 heterocycles. The van der Waals surface area contributed by atoms with Crippen molar-refractivity contribution in [3.63, 3.8) is 0 Å². The lowest BCUT2D eigenvalue weighted by atomic mass is 10.2. The summed E-state index contributed by atoms with van der Waals surface area (Å²) in [6.07, 6.45) is -0.868. The van der Waals surface area contributed by atoms with Gasteiger partial charge in [0.1, 0.15) is 6.10 Å². The molecule has 0 aromatic heterocycles. The second-order valence-electron chi connectivity index (χ2n) is 3.99. The van der Waals surface area contributed by atoms with Crippen molar-refractivity contribution in [1.29, 1.82) is 0 Å². The summed E-state index contributed by atoms with van der Waals surface area (Å²) >= 11 is 0. The molecular formula is C12H13NO5.